The average molecular weight is 359 g/mol. The molecule has 4 heteroatoms. The lowest BCUT2D eigenvalue weighted by atomic mass is 10.1. The molecule has 0 spiro atoms. The molecule has 0 aliphatic rings. The first-order chi connectivity index (χ1) is 8.56. The van der Waals surface area contributed by atoms with Crippen LogP contribution in [0.2, 0.25) is 0 Å². The zero-order chi connectivity index (χ0) is 13.1. The van der Waals surface area contributed by atoms with Crippen molar-refractivity contribution in [1.29, 1.82) is 0 Å². The molecule has 1 nitrogen and oxygen atoms in total. The first-order valence-corrected chi connectivity index (χ1v) is 6.61. The van der Waals surface area contributed by atoms with Crippen LogP contribution in [-0.2, 0) is 0 Å². The van der Waals surface area contributed by atoms with E-state index < -0.39 is 11.6 Å². The zero-order valence-corrected chi connectivity index (χ0v) is 11.9. The SMILES string of the molecule is CC(Nc1ccc(I)cc1)c1ccc(F)cc1F. The third kappa shape index (κ3) is 3.19. The predicted octanol–water partition coefficient (Wildman–Crippen LogP) is 4.74. The topological polar surface area (TPSA) is 12.0 Å². The van der Waals surface area contributed by atoms with Gasteiger partial charge in [-0.1, -0.05) is 6.07 Å². The third-order valence-corrected chi connectivity index (χ3v) is 3.38. The van der Waals surface area contributed by atoms with Crippen molar-refractivity contribution in [1.82, 2.24) is 0 Å². The Bertz CT molecular complexity index is 540. The molecule has 0 radical (unpaired) electrons. The van der Waals surface area contributed by atoms with Crippen LogP contribution in [0.5, 0.6) is 0 Å². The maximum Gasteiger partial charge on any atom is 0.131 e. The Labute approximate surface area is 118 Å². The van der Waals surface area contributed by atoms with E-state index in [9.17, 15) is 8.78 Å². The highest BCUT2D eigenvalue weighted by Gasteiger charge is 2.11. The summed E-state index contributed by atoms with van der Waals surface area (Å²) in [6, 6.07) is 11.2. The minimum Gasteiger partial charge on any atom is -0.378 e. The average Bonchev–Trinajstić information content (AvgIpc) is 2.32. The van der Waals surface area contributed by atoms with Gasteiger partial charge in [-0.15, -0.1) is 0 Å². The van der Waals surface area contributed by atoms with E-state index >= 15 is 0 Å². The number of rotatable bonds is 3. The summed E-state index contributed by atoms with van der Waals surface area (Å²) >= 11 is 2.22. The molecule has 2 aromatic carbocycles. The van der Waals surface area contributed by atoms with Crippen LogP contribution in [-0.4, -0.2) is 0 Å². The Kier molecular flexibility index (Phi) is 4.16. The summed E-state index contributed by atoms with van der Waals surface area (Å²) in [6.07, 6.45) is 0. The summed E-state index contributed by atoms with van der Waals surface area (Å²) in [5.74, 6) is -1.08. The second-order valence-corrected chi connectivity index (χ2v) is 5.28. The van der Waals surface area contributed by atoms with Crippen molar-refractivity contribution in [2.45, 2.75) is 13.0 Å². The van der Waals surface area contributed by atoms with Crippen LogP contribution in [0.15, 0.2) is 42.5 Å². The largest absolute Gasteiger partial charge is 0.378 e. The van der Waals surface area contributed by atoms with E-state index in [-0.39, 0.29) is 6.04 Å². The first kappa shape index (κ1) is 13.3. The maximum absolute atomic E-state index is 13.6. The van der Waals surface area contributed by atoms with Gasteiger partial charge in [0.2, 0.25) is 0 Å². The molecule has 94 valence electrons. The van der Waals surface area contributed by atoms with Gasteiger partial charge in [-0.2, -0.15) is 0 Å². The van der Waals surface area contributed by atoms with Crippen molar-refractivity contribution in [2.24, 2.45) is 0 Å². The number of hydrogen-bond donors (Lipinski definition) is 1. The smallest absolute Gasteiger partial charge is 0.131 e. The fraction of sp³-hybridized carbons (Fsp3) is 0.143. The van der Waals surface area contributed by atoms with Crippen LogP contribution in [0.3, 0.4) is 0 Å². The first-order valence-electron chi connectivity index (χ1n) is 5.53. The number of nitrogens with one attached hydrogen (secondary N) is 1. The van der Waals surface area contributed by atoms with Crippen LogP contribution in [0, 0.1) is 15.2 Å². The van der Waals surface area contributed by atoms with Gasteiger partial charge in [-0.05, 0) is 59.8 Å². The molecule has 0 fully saturated rings. The molecule has 0 aliphatic heterocycles. The van der Waals surface area contributed by atoms with E-state index in [1.54, 1.807) is 0 Å². The van der Waals surface area contributed by atoms with Gasteiger partial charge in [0.05, 0.1) is 6.04 Å². The highest BCUT2D eigenvalue weighted by molar-refractivity contribution is 14.1. The van der Waals surface area contributed by atoms with E-state index in [1.807, 2.05) is 31.2 Å². The third-order valence-electron chi connectivity index (χ3n) is 2.66. The number of anilines is 1. The highest BCUT2D eigenvalue weighted by Crippen LogP contribution is 2.22. The molecule has 0 amide bonds. The molecule has 0 saturated heterocycles. The fourth-order valence-corrected chi connectivity index (χ4v) is 2.09. The lowest BCUT2D eigenvalue weighted by Gasteiger charge is -2.16. The molecule has 1 unspecified atom stereocenters. The summed E-state index contributed by atoms with van der Waals surface area (Å²) in [7, 11) is 0. The molecule has 2 rings (SSSR count). The number of benzene rings is 2. The Morgan fingerprint density at radius 3 is 2.33 bits per heavy atom. The Morgan fingerprint density at radius 1 is 1.06 bits per heavy atom. The molecule has 18 heavy (non-hydrogen) atoms. The maximum atomic E-state index is 13.6. The second kappa shape index (κ2) is 5.65. The molecular formula is C14H12F2IN. The Morgan fingerprint density at radius 2 is 1.72 bits per heavy atom. The van der Waals surface area contributed by atoms with E-state index in [4.69, 9.17) is 0 Å². The van der Waals surface area contributed by atoms with E-state index in [1.165, 1.54) is 12.1 Å². The molecule has 0 aliphatic carbocycles. The van der Waals surface area contributed by atoms with E-state index in [0.717, 1.165) is 15.3 Å². The quantitative estimate of drug-likeness (QED) is 0.781. The van der Waals surface area contributed by atoms with Crippen molar-refractivity contribution < 1.29 is 8.78 Å². The van der Waals surface area contributed by atoms with Crippen LogP contribution >= 0.6 is 22.6 Å². The standard InChI is InChI=1S/C14H12F2IN/c1-9(13-7-2-10(15)8-14(13)16)18-12-5-3-11(17)4-6-12/h2-9,18H,1H3. The number of halogens is 3. The minimum atomic E-state index is -0.558. The molecule has 0 heterocycles. The Hall–Kier alpha value is -1.17. The summed E-state index contributed by atoms with van der Waals surface area (Å²) < 4.78 is 27.5. The summed E-state index contributed by atoms with van der Waals surface area (Å²) in [5.41, 5.74) is 1.36. The fourth-order valence-electron chi connectivity index (χ4n) is 1.73. The van der Waals surface area contributed by atoms with Gasteiger partial charge in [0.15, 0.2) is 0 Å². The van der Waals surface area contributed by atoms with E-state index in [0.29, 0.717) is 5.56 Å². The van der Waals surface area contributed by atoms with Gasteiger partial charge in [0.25, 0.3) is 0 Å². The molecule has 0 bridgehead atoms. The zero-order valence-electron chi connectivity index (χ0n) is 9.75. The molecule has 0 aromatic heterocycles. The van der Waals surface area contributed by atoms with Crippen molar-refractivity contribution in [2.75, 3.05) is 5.32 Å². The van der Waals surface area contributed by atoms with Gasteiger partial charge in [0, 0.05) is 20.9 Å². The molecule has 2 aromatic rings. The summed E-state index contributed by atoms with van der Waals surface area (Å²) in [5, 5.41) is 3.18. The lowest BCUT2D eigenvalue weighted by molar-refractivity contribution is 0.566. The van der Waals surface area contributed by atoms with Gasteiger partial charge in [0.1, 0.15) is 11.6 Å². The van der Waals surface area contributed by atoms with Gasteiger partial charge in [-0.25, -0.2) is 8.78 Å². The van der Waals surface area contributed by atoms with Crippen molar-refractivity contribution in [3.05, 3.63) is 63.2 Å². The second-order valence-electron chi connectivity index (χ2n) is 4.04. The predicted molar refractivity (Wildman–Crippen MR) is 77.6 cm³/mol. The van der Waals surface area contributed by atoms with E-state index in [2.05, 4.69) is 27.9 Å². The summed E-state index contributed by atoms with van der Waals surface area (Å²) in [4.78, 5) is 0. The van der Waals surface area contributed by atoms with Crippen molar-refractivity contribution in [3.8, 4) is 0 Å². The normalized spacial score (nSPS) is 12.2. The molecule has 1 N–H and O–H groups in total. The van der Waals surface area contributed by atoms with Gasteiger partial charge < -0.3 is 5.32 Å². The van der Waals surface area contributed by atoms with Crippen LogP contribution < -0.4 is 5.32 Å². The monoisotopic (exact) mass is 359 g/mol. The number of hydrogen-bond acceptors (Lipinski definition) is 1. The summed E-state index contributed by atoms with van der Waals surface area (Å²) in [6.45, 7) is 1.84. The molecule has 1 atom stereocenters. The van der Waals surface area contributed by atoms with Crippen LogP contribution in [0.4, 0.5) is 14.5 Å². The lowest BCUT2D eigenvalue weighted by Crippen LogP contribution is -2.08. The van der Waals surface area contributed by atoms with Crippen LogP contribution in [0.25, 0.3) is 0 Å². The minimum absolute atomic E-state index is 0.217. The van der Waals surface area contributed by atoms with Crippen molar-refractivity contribution >= 4 is 28.3 Å². The van der Waals surface area contributed by atoms with Crippen LogP contribution in [0.1, 0.15) is 18.5 Å². The van der Waals surface area contributed by atoms with Crippen molar-refractivity contribution in [3.63, 3.8) is 0 Å². The van der Waals surface area contributed by atoms with Gasteiger partial charge >= 0.3 is 0 Å². The van der Waals surface area contributed by atoms with Gasteiger partial charge in [-0.3, -0.25) is 0 Å². The highest BCUT2D eigenvalue weighted by atomic mass is 127. The molecular weight excluding hydrogens is 347 g/mol. The Balaban J connectivity index is 2.16. The molecule has 0 saturated carbocycles.